The summed E-state index contributed by atoms with van der Waals surface area (Å²) in [6.45, 7) is 1.61. The summed E-state index contributed by atoms with van der Waals surface area (Å²) in [6.07, 6.45) is 3.89. The zero-order valence-corrected chi connectivity index (χ0v) is 16.8. The summed E-state index contributed by atoms with van der Waals surface area (Å²) in [5.41, 5.74) is 3.33. The molecule has 2 heterocycles. The maximum atomic E-state index is 12.8. The van der Waals surface area contributed by atoms with Crippen molar-refractivity contribution in [3.63, 3.8) is 0 Å². The van der Waals surface area contributed by atoms with Crippen LogP contribution in [0, 0.1) is 0 Å². The molecular weight excluding hydrogens is 362 g/mol. The van der Waals surface area contributed by atoms with E-state index in [-0.39, 0.29) is 12.5 Å². The van der Waals surface area contributed by atoms with Gasteiger partial charge in [-0.1, -0.05) is 29.8 Å². The van der Waals surface area contributed by atoms with Gasteiger partial charge in [-0.05, 0) is 30.5 Å². The molecule has 0 bridgehead atoms. The molecule has 3 rings (SSSR count). The summed E-state index contributed by atoms with van der Waals surface area (Å²) in [5.74, 6) is 0.726. The number of rotatable bonds is 4. The summed E-state index contributed by atoms with van der Waals surface area (Å²) in [7, 11) is 5.62. The van der Waals surface area contributed by atoms with E-state index in [1.54, 1.807) is 7.05 Å². The van der Waals surface area contributed by atoms with Crippen molar-refractivity contribution < 1.29 is 4.79 Å². The Hall–Kier alpha value is -2.47. The van der Waals surface area contributed by atoms with Crippen LogP contribution >= 0.6 is 11.6 Å². The number of aromatic nitrogens is 1. The first-order valence-corrected chi connectivity index (χ1v) is 9.48. The molecule has 1 amide bonds. The van der Waals surface area contributed by atoms with Gasteiger partial charge in [-0.15, -0.1) is 0 Å². The molecule has 1 aliphatic rings. The Morgan fingerprint density at radius 3 is 2.85 bits per heavy atom. The first-order chi connectivity index (χ1) is 13.0. The highest BCUT2D eigenvalue weighted by atomic mass is 35.5. The lowest BCUT2D eigenvalue weighted by Gasteiger charge is -2.30. The largest absolute Gasteiger partial charge is 0.351 e. The minimum Gasteiger partial charge on any atom is -0.351 e. The SMILES string of the molecule is CN=C(NCC(=O)N1CCCc2ccccc21)N(C)Cc1cc(Cl)cn1C. The van der Waals surface area contributed by atoms with Crippen molar-refractivity contribution in [2.24, 2.45) is 12.0 Å². The predicted octanol–water partition coefficient (Wildman–Crippen LogP) is 2.67. The van der Waals surface area contributed by atoms with Gasteiger partial charge in [-0.2, -0.15) is 0 Å². The van der Waals surface area contributed by atoms with Gasteiger partial charge in [0.2, 0.25) is 5.91 Å². The van der Waals surface area contributed by atoms with Gasteiger partial charge in [0.25, 0.3) is 0 Å². The third-order valence-corrected chi connectivity index (χ3v) is 5.06. The molecular formula is C20H26ClN5O. The Morgan fingerprint density at radius 1 is 1.37 bits per heavy atom. The molecule has 0 unspecified atom stereocenters. The quantitative estimate of drug-likeness (QED) is 0.648. The summed E-state index contributed by atoms with van der Waals surface area (Å²) >= 11 is 6.06. The van der Waals surface area contributed by atoms with Crippen LogP contribution in [0.15, 0.2) is 41.5 Å². The van der Waals surface area contributed by atoms with Crippen LogP contribution in [0.25, 0.3) is 0 Å². The number of guanidine groups is 1. The second-order valence-corrected chi connectivity index (χ2v) is 7.23. The number of nitrogens with one attached hydrogen (secondary N) is 1. The van der Waals surface area contributed by atoms with E-state index in [2.05, 4.69) is 16.4 Å². The zero-order chi connectivity index (χ0) is 19.4. The van der Waals surface area contributed by atoms with Gasteiger partial charge in [0.05, 0.1) is 18.1 Å². The van der Waals surface area contributed by atoms with Crippen molar-refractivity contribution in [2.45, 2.75) is 19.4 Å². The number of amides is 1. The number of aliphatic imine (C=N–C) groups is 1. The standard InChI is InChI=1S/C20H26ClN5O/c1-22-20(25(3)14-17-11-16(21)13-24(17)2)23-12-19(27)26-10-6-8-15-7-4-5-9-18(15)26/h4-5,7,9,11,13H,6,8,10,12,14H2,1-3H3,(H,22,23). The lowest BCUT2D eigenvalue weighted by molar-refractivity contribution is -0.117. The number of halogens is 1. The second kappa shape index (κ2) is 8.48. The Morgan fingerprint density at radius 2 is 2.15 bits per heavy atom. The Labute approximate surface area is 165 Å². The van der Waals surface area contributed by atoms with E-state index in [1.165, 1.54) is 5.56 Å². The highest BCUT2D eigenvalue weighted by molar-refractivity contribution is 6.30. The van der Waals surface area contributed by atoms with Crippen molar-refractivity contribution in [3.8, 4) is 0 Å². The Bertz CT molecular complexity index is 845. The van der Waals surface area contributed by atoms with Crippen LogP contribution in [0.1, 0.15) is 17.7 Å². The molecule has 0 atom stereocenters. The molecule has 1 aromatic carbocycles. The van der Waals surface area contributed by atoms with E-state index in [0.29, 0.717) is 17.5 Å². The van der Waals surface area contributed by atoms with Crippen molar-refractivity contribution in [1.82, 2.24) is 14.8 Å². The van der Waals surface area contributed by atoms with Gasteiger partial charge in [-0.3, -0.25) is 9.79 Å². The number of fused-ring (bicyclic) bond motifs is 1. The molecule has 0 fully saturated rings. The third kappa shape index (κ3) is 4.45. The predicted molar refractivity (Wildman–Crippen MR) is 110 cm³/mol. The molecule has 7 heteroatoms. The summed E-state index contributed by atoms with van der Waals surface area (Å²) in [5, 5.41) is 3.90. The number of benzene rings is 1. The van der Waals surface area contributed by atoms with Gasteiger partial charge in [0.1, 0.15) is 0 Å². The molecule has 0 saturated carbocycles. The number of hydrogen-bond donors (Lipinski definition) is 1. The highest BCUT2D eigenvalue weighted by Gasteiger charge is 2.22. The van der Waals surface area contributed by atoms with Gasteiger partial charge in [0.15, 0.2) is 5.96 Å². The van der Waals surface area contributed by atoms with Crippen molar-refractivity contribution in [1.29, 1.82) is 0 Å². The van der Waals surface area contributed by atoms with Crippen LogP contribution in [-0.4, -0.2) is 48.5 Å². The fraction of sp³-hybridized carbons (Fsp3) is 0.400. The van der Waals surface area contributed by atoms with Crippen molar-refractivity contribution in [3.05, 3.63) is 52.8 Å². The minimum atomic E-state index is 0.0543. The summed E-state index contributed by atoms with van der Waals surface area (Å²) in [6, 6.07) is 10.1. The molecule has 1 aliphatic heterocycles. The van der Waals surface area contributed by atoms with Crippen molar-refractivity contribution >= 4 is 29.2 Å². The maximum absolute atomic E-state index is 12.8. The molecule has 144 valence electrons. The zero-order valence-electron chi connectivity index (χ0n) is 16.1. The first kappa shape index (κ1) is 19.3. The smallest absolute Gasteiger partial charge is 0.246 e. The fourth-order valence-corrected chi connectivity index (χ4v) is 3.74. The summed E-state index contributed by atoms with van der Waals surface area (Å²) in [4.78, 5) is 20.9. The maximum Gasteiger partial charge on any atom is 0.246 e. The molecule has 0 radical (unpaired) electrons. The average Bonchev–Trinajstić information content (AvgIpc) is 2.98. The Kier molecular flexibility index (Phi) is 6.06. The number of carbonyl (C=O) groups is 1. The number of carbonyl (C=O) groups excluding carboxylic acids is 1. The van der Waals surface area contributed by atoms with E-state index in [9.17, 15) is 4.79 Å². The molecule has 6 nitrogen and oxygen atoms in total. The van der Waals surface area contributed by atoms with E-state index in [1.807, 2.05) is 58.9 Å². The fourth-order valence-electron chi connectivity index (χ4n) is 3.47. The molecule has 2 aromatic rings. The third-order valence-electron chi connectivity index (χ3n) is 4.86. The van der Waals surface area contributed by atoms with Gasteiger partial charge < -0.3 is 19.7 Å². The van der Waals surface area contributed by atoms with Crippen LogP contribution in [0.3, 0.4) is 0 Å². The Balaban J connectivity index is 1.61. The van der Waals surface area contributed by atoms with Crippen LogP contribution in [-0.2, 0) is 24.8 Å². The average molecular weight is 388 g/mol. The number of hydrogen-bond acceptors (Lipinski definition) is 2. The van der Waals surface area contributed by atoms with E-state index in [4.69, 9.17) is 11.6 Å². The lowest BCUT2D eigenvalue weighted by Crippen LogP contribution is -2.46. The molecule has 0 saturated heterocycles. The van der Waals surface area contributed by atoms with Gasteiger partial charge >= 0.3 is 0 Å². The minimum absolute atomic E-state index is 0.0543. The molecule has 0 aliphatic carbocycles. The number of nitrogens with zero attached hydrogens (tertiary/aromatic N) is 4. The first-order valence-electron chi connectivity index (χ1n) is 9.10. The monoisotopic (exact) mass is 387 g/mol. The van der Waals surface area contributed by atoms with E-state index >= 15 is 0 Å². The van der Waals surface area contributed by atoms with Crippen molar-refractivity contribution in [2.75, 3.05) is 32.1 Å². The van der Waals surface area contributed by atoms with Gasteiger partial charge in [-0.25, -0.2) is 0 Å². The lowest BCUT2D eigenvalue weighted by atomic mass is 10.0. The van der Waals surface area contributed by atoms with Crippen LogP contribution in [0.4, 0.5) is 5.69 Å². The van der Waals surface area contributed by atoms with Gasteiger partial charge in [0, 0.05) is 45.3 Å². The number of anilines is 1. The molecule has 0 spiro atoms. The van der Waals surface area contributed by atoms with Crippen LogP contribution < -0.4 is 10.2 Å². The molecule has 1 aromatic heterocycles. The summed E-state index contributed by atoms with van der Waals surface area (Å²) < 4.78 is 1.99. The number of aryl methyl sites for hydroxylation is 2. The molecule has 1 N–H and O–H groups in total. The van der Waals surface area contributed by atoms with E-state index < -0.39 is 0 Å². The van der Waals surface area contributed by atoms with E-state index in [0.717, 1.165) is 30.8 Å². The topological polar surface area (TPSA) is 52.9 Å². The normalized spacial score (nSPS) is 14.1. The van der Waals surface area contributed by atoms with Crippen LogP contribution in [0.2, 0.25) is 5.02 Å². The molecule has 27 heavy (non-hydrogen) atoms. The second-order valence-electron chi connectivity index (χ2n) is 6.80. The van der Waals surface area contributed by atoms with Crippen LogP contribution in [0.5, 0.6) is 0 Å². The highest BCUT2D eigenvalue weighted by Crippen LogP contribution is 2.26. The number of para-hydroxylation sites is 1.